The molecule has 1 aliphatic rings. The predicted molar refractivity (Wildman–Crippen MR) is 53.3 cm³/mol. The Kier molecular flexibility index (Phi) is 3.50. The standard InChI is InChI=1S/C10H19NO3/c1-4-10(2,3)14-7-5-8(9(12)13)11-6-7/h7-8,11H,4-6H2,1-3H3,(H,12,13)/t7-,8-/m1/s1. The van der Waals surface area contributed by atoms with Crippen molar-refractivity contribution in [3.63, 3.8) is 0 Å². The highest BCUT2D eigenvalue weighted by atomic mass is 16.5. The minimum Gasteiger partial charge on any atom is -0.480 e. The highest BCUT2D eigenvalue weighted by molar-refractivity contribution is 5.73. The summed E-state index contributed by atoms with van der Waals surface area (Å²) in [5.74, 6) is -0.787. The number of ether oxygens (including phenoxy) is 1. The number of rotatable bonds is 4. The first-order chi connectivity index (χ1) is 6.44. The van der Waals surface area contributed by atoms with Gasteiger partial charge in [-0.05, 0) is 20.3 Å². The van der Waals surface area contributed by atoms with E-state index in [0.29, 0.717) is 13.0 Å². The van der Waals surface area contributed by atoms with Crippen molar-refractivity contribution in [1.29, 1.82) is 0 Å². The predicted octanol–water partition coefficient (Wildman–Crippen LogP) is 1.01. The van der Waals surface area contributed by atoms with Crippen molar-refractivity contribution in [3.05, 3.63) is 0 Å². The van der Waals surface area contributed by atoms with E-state index in [-0.39, 0.29) is 11.7 Å². The second-order valence-corrected chi connectivity index (χ2v) is 4.39. The van der Waals surface area contributed by atoms with Gasteiger partial charge in [0.25, 0.3) is 0 Å². The Bertz CT molecular complexity index is 215. The van der Waals surface area contributed by atoms with E-state index in [0.717, 1.165) is 6.42 Å². The van der Waals surface area contributed by atoms with Gasteiger partial charge in [0.15, 0.2) is 0 Å². The molecule has 4 nitrogen and oxygen atoms in total. The zero-order valence-corrected chi connectivity index (χ0v) is 9.04. The molecule has 2 atom stereocenters. The molecular formula is C10H19NO3. The zero-order chi connectivity index (χ0) is 10.8. The van der Waals surface area contributed by atoms with Gasteiger partial charge in [0, 0.05) is 13.0 Å². The molecule has 0 spiro atoms. The number of hydrogen-bond donors (Lipinski definition) is 2. The van der Waals surface area contributed by atoms with Crippen LogP contribution in [0.3, 0.4) is 0 Å². The molecule has 4 heteroatoms. The number of nitrogens with one attached hydrogen (secondary N) is 1. The smallest absolute Gasteiger partial charge is 0.320 e. The lowest BCUT2D eigenvalue weighted by atomic mass is 10.1. The van der Waals surface area contributed by atoms with Crippen LogP contribution in [-0.4, -0.2) is 35.4 Å². The van der Waals surface area contributed by atoms with E-state index in [9.17, 15) is 4.79 Å². The first-order valence-corrected chi connectivity index (χ1v) is 5.08. The highest BCUT2D eigenvalue weighted by Crippen LogP contribution is 2.21. The lowest BCUT2D eigenvalue weighted by Crippen LogP contribution is -2.31. The second-order valence-electron chi connectivity index (χ2n) is 4.39. The van der Waals surface area contributed by atoms with Gasteiger partial charge in [-0.25, -0.2) is 0 Å². The van der Waals surface area contributed by atoms with Crippen LogP contribution in [0.2, 0.25) is 0 Å². The van der Waals surface area contributed by atoms with E-state index in [4.69, 9.17) is 9.84 Å². The summed E-state index contributed by atoms with van der Waals surface area (Å²) in [4.78, 5) is 10.7. The van der Waals surface area contributed by atoms with Crippen molar-refractivity contribution >= 4 is 5.97 Å². The van der Waals surface area contributed by atoms with Gasteiger partial charge in [0.05, 0.1) is 11.7 Å². The SMILES string of the molecule is CCC(C)(C)O[C@H]1CN[C@@H](C(=O)O)C1. The molecule has 0 amide bonds. The fourth-order valence-corrected chi connectivity index (χ4v) is 1.52. The maximum atomic E-state index is 10.7. The van der Waals surface area contributed by atoms with Crippen LogP contribution >= 0.6 is 0 Å². The molecule has 0 bridgehead atoms. The van der Waals surface area contributed by atoms with Gasteiger partial charge in [-0.3, -0.25) is 4.79 Å². The van der Waals surface area contributed by atoms with Crippen LogP contribution in [0.5, 0.6) is 0 Å². The van der Waals surface area contributed by atoms with E-state index >= 15 is 0 Å². The molecule has 0 saturated carbocycles. The summed E-state index contributed by atoms with van der Waals surface area (Å²) < 4.78 is 5.80. The van der Waals surface area contributed by atoms with Crippen LogP contribution in [0.4, 0.5) is 0 Å². The van der Waals surface area contributed by atoms with Crippen LogP contribution in [0.1, 0.15) is 33.6 Å². The van der Waals surface area contributed by atoms with Gasteiger partial charge < -0.3 is 15.2 Å². The molecule has 0 unspecified atom stereocenters. The first-order valence-electron chi connectivity index (χ1n) is 5.08. The number of carbonyl (C=O) groups is 1. The monoisotopic (exact) mass is 201 g/mol. The van der Waals surface area contributed by atoms with Crippen molar-refractivity contribution in [2.75, 3.05) is 6.54 Å². The molecule has 82 valence electrons. The lowest BCUT2D eigenvalue weighted by Gasteiger charge is -2.27. The summed E-state index contributed by atoms with van der Waals surface area (Å²) in [5, 5.41) is 11.7. The van der Waals surface area contributed by atoms with Gasteiger partial charge >= 0.3 is 5.97 Å². The summed E-state index contributed by atoms with van der Waals surface area (Å²) in [6.07, 6.45) is 1.53. The molecule has 1 saturated heterocycles. The quantitative estimate of drug-likeness (QED) is 0.712. The van der Waals surface area contributed by atoms with E-state index in [2.05, 4.69) is 12.2 Å². The van der Waals surface area contributed by atoms with Gasteiger partial charge in [-0.1, -0.05) is 6.92 Å². The maximum absolute atomic E-state index is 10.7. The summed E-state index contributed by atoms with van der Waals surface area (Å²) in [7, 11) is 0. The van der Waals surface area contributed by atoms with Crippen molar-refractivity contribution in [3.8, 4) is 0 Å². The van der Waals surface area contributed by atoms with Crippen LogP contribution < -0.4 is 5.32 Å². The summed E-state index contributed by atoms with van der Waals surface area (Å²) in [5.41, 5.74) is -0.153. The third-order valence-corrected chi connectivity index (χ3v) is 2.73. The van der Waals surface area contributed by atoms with Crippen molar-refractivity contribution < 1.29 is 14.6 Å². The number of aliphatic carboxylic acids is 1. The topological polar surface area (TPSA) is 58.6 Å². The Morgan fingerprint density at radius 1 is 1.64 bits per heavy atom. The Hall–Kier alpha value is -0.610. The molecule has 0 aliphatic carbocycles. The largest absolute Gasteiger partial charge is 0.480 e. The Morgan fingerprint density at radius 3 is 2.71 bits per heavy atom. The molecule has 0 aromatic carbocycles. The average Bonchev–Trinajstić information content (AvgIpc) is 2.52. The highest BCUT2D eigenvalue weighted by Gasteiger charge is 2.32. The average molecular weight is 201 g/mol. The molecule has 0 aromatic heterocycles. The fourth-order valence-electron chi connectivity index (χ4n) is 1.52. The van der Waals surface area contributed by atoms with Crippen LogP contribution in [0.25, 0.3) is 0 Å². The third-order valence-electron chi connectivity index (χ3n) is 2.73. The summed E-state index contributed by atoms with van der Waals surface area (Å²) >= 11 is 0. The fraction of sp³-hybridized carbons (Fsp3) is 0.900. The normalized spacial score (nSPS) is 27.9. The molecular weight excluding hydrogens is 182 g/mol. The number of carboxylic acid groups (broad SMARTS) is 1. The summed E-state index contributed by atoms with van der Waals surface area (Å²) in [6, 6.07) is -0.437. The summed E-state index contributed by atoms with van der Waals surface area (Å²) in [6.45, 7) is 6.76. The molecule has 2 N–H and O–H groups in total. The van der Waals surface area contributed by atoms with Gasteiger partial charge in [-0.2, -0.15) is 0 Å². The first kappa shape index (κ1) is 11.5. The second kappa shape index (κ2) is 4.28. The van der Waals surface area contributed by atoms with Crippen molar-refractivity contribution in [2.45, 2.75) is 51.4 Å². The molecule has 14 heavy (non-hydrogen) atoms. The van der Waals surface area contributed by atoms with E-state index in [1.54, 1.807) is 0 Å². The van der Waals surface area contributed by atoms with Crippen LogP contribution in [-0.2, 0) is 9.53 Å². The minimum atomic E-state index is -0.787. The molecule has 1 fully saturated rings. The van der Waals surface area contributed by atoms with E-state index in [1.165, 1.54) is 0 Å². The third kappa shape index (κ3) is 2.96. The molecule has 0 aromatic rings. The maximum Gasteiger partial charge on any atom is 0.320 e. The van der Waals surface area contributed by atoms with Crippen LogP contribution in [0.15, 0.2) is 0 Å². The number of carboxylic acids is 1. The van der Waals surface area contributed by atoms with E-state index in [1.807, 2.05) is 13.8 Å². The lowest BCUT2D eigenvalue weighted by molar-refractivity contribution is -0.139. The van der Waals surface area contributed by atoms with Gasteiger partial charge in [0.1, 0.15) is 6.04 Å². The van der Waals surface area contributed by atoms with Crippen molar-refractivity contribution in [1.82, 2.24) is 5.32 Å². The molecule has 1 heterocycles. The Balaban J connectivity index is 2.39. The van der Waals surface area contributed by atoms with Crippen molar-refractivity contribution in [2.24, 2.45) is 0 Å². The van der Waals surface area contributed by atoms with Gasteiger partial charge in [0.2, 0.25) is 0 Å². The Morgan fingerprint density at radius 2 is 2.29 bits per heavy atom. The number of hydrogen-bond acceptors (Lipinski definition) is 3. The van der Waals surface area contributed by atoms with Crippen LogP contribution in [0, 0.1) is 0 Å². The molecule has 0 radical (unpaired) electrons. The molecule has 1 rings (SSSR count). The van der Waals surface area contributed by atoms with E-state index < -0.39 is 12.0 Å². The molecule has 1 aliphatic heterocycles. The minimum absolute atomic E-state index is 0.0334. The zero-order valence-electron chi connectivity index (χ0n) is 9.04. The Labute approximate surface area is 84.6 Å². The van der Waals surface area contributed by atoms with Gasteiger partial charge in [-0.15, -0.1) is 0 Å².